The summed E-state index contributed by atoms with van der Waals surface area (Å²) in [7, 11) is 1.91. The van der Waals surface area contributed by atoms with E-state index in [1.54, 1.807) is 0 Å². The van der Waals surface area contributed by atoms with Gasteiger partial charge in [0.2, 0.25) is 11.0 Å². The Kier molecular flexibility index (Phi) is 6.01. The van der Waals surface area contributed by atoms with E-state index in [-0.39, 0.29) is 11.7 Å². The Hall–Kier alpha value is -2.26. The minimum absolute atomic E-state index is 0.111. The van der Waals surface area contributed by atoms with Gasteiger partial charge in [-0.05, 0) is 12.8 Å². The van der Waals surface area contributed by atoms with Crippen molar-refractivity contribution in [1.29, 1.82) is 0 Å². The van der Waals surface area contributed by atoms with Gasteiger partial charge in [-0.2, -0.15) is 0 Å². The first kappa shape index (κ1) is 19.1. The molecule has 1 aliphatic rings. The molecule has 3 aromatic rings. The molecule has 0 saturated heterocycles. The van der Waals surface area contributed by atoms with Crippen LogP contribution in [-0.4, -0.2) is 36.6 Å². The number of anilines is 1. The van der Waals surface area contributed by atoms with Gasteiger partial charge < -0.3 is 4.57 Å². The first-order valence-corrected chi connectivity index (χ1v) is 11.2. The van der Waals surface area contributed by atoms with Crippen LogP contribution >= 0.6 is 23.1 Å². The van der Waals surface area contributed by atoms with Gasteiger partial charge in [-0.1, -0.05) is 72.7 Å². The van der Waals surface area contributed by atoms with E-state index in [0.29, 0.717) is 16.2 Å². The molecule has 0 bridgehead atoms. The van der Waals surface area contributed by atoms with Crippen molar-refractivity contribution in [2.24, 2.45) is 7.05 Å². The van der Waals surface area contributed by atoms with Crippen LogP contribution in [0.2, 0.25) is 0 Å². The number of nitrogens with zero attached hydrogens (tertiary/aromatic N) is 5. The van der Waals surface area contributed by atoms with E-state index in [9.17, 15) is 4.79 Å². The standard InChI is InChI=1S/C19H22N6OS2/c1-25-16(13-8-4-2-5-9-13)21-24-19(25)27-12-15(26)20-18-23-22-17(28-18)14-10-6-3-7-11-14/h2,4-5,8-9,14H,3,6-7,10-12H2,1H3,(H,20,23,26). The number of hydrogen-bond acceptors (Lipinski definition) is 7. The summed E-state index contributed by atoms with van der Waals surface area (Å²) in [6, 6.07) is 9.88. The molecule has 0 aliphatic heterocycles. The van der Waals surface area contributed by atoms with Crippen LogP contribution in [0.25, 0.3) is 11.4 Å². The molecular weight excluding hydrogens is 392 g/mol. The SMILES string of the molecule is Cn1c(SCC(=O)Nc2nnc(C3CCCCC3)s2)nnc1-c1ccccc1. The summed E-state index contributed by atoms with van der Waals surface area (Å²) >= 11 is 2.86. The maximum atomic E-state index is 12.3. The molecule has 28 heavy (non-hydrogen) atoms. The Balaban J connectivity index is 1.33. The molecule has 1 N–H and O–H groups in total. The molecule has 1 saturated carbocycles. The average molecular weight is 415 g/mol. The monoisotopic (exact) mass is 414 g/mol. The number of thioether (sulfide) groups is 1. The van der Waals surface area contributed by atoms with E-state index in [2.05, 4.69) is 25.7 Å². The lowest BCUT2D eigenvalue weighted by molar-refractivity contribution is -0.113. The van der Waals surface area contributed by atoms with Crippen molar-refractivity contribution >= 4 is 34.1 Å². The minimum Gasteiger partial charge on any atom is -0.305 e. The predicted molar refractivity (Wildman–Crippen MR) is 112 cm³/mol. The minimum atomic E-state index is -0.111. The van der Waals surface area contributed by atoms with Crippen LogP contribution in [0.3, 0.4) is 0 Å². The molecule has 146 valence electrons. The smallest absolute Gasteiger partial charge is 0.236 e. The lowest BCUT2D eigenvalue weighted by Crippen LogP contribution is -2.14. The number of rotatable bonds is 6. The molecule has 0 radical (unpaired) electrons. The Morgan fingerprint density at radius 2 is 1.93 bits per heavy atom. The van der Waals surface area contributed by atoms with Gasteiger partial charge in [0.25, 0.3) is 0 Å². The van der Waals surface area contributed by atoms with Gasteiger partial charge in [-0.25, -0.2) is 0 Å². The molecule has 9 heteroatoms. The summed E-state index contributed by atoms with van der Waals surface area (Å²) in [5.74, 6) is 1.42. The number of benzene rings is 1. The summed E-state index contributed by atoms with van der Waals surface area (Å²) in [5.41, 5.74) is 0.998. The van der Waals surface area contributed by atoms with Crippen molar-refractivity contribution in [3.8, 4) is 11.4 Å². The van der Waals surface area contributed by atoms with E-state index in [1.807, 2.05) is 41.9 Å². The van der Waals surface area contributed by atoms with E-state index < -0.39 is 0 Å². The van der Waals surface area contributed by atoms with Crippen LogP contribution in [0.1, 0.15) is 43.0 Å². The summed E-state index contributed by atoms with van der Waals surface area (Å²) < 4.78 is 1.90. The van der Waals surface area contributed by atoms with Crippen LogP contribution in [0, 0.1) is 0 Å². The van der Waals surface area contributed by atoms with Crippen molar-refractivity contribution in [1.82, 2.24) is 25.0 Å². The molecule has 1 aliphatic carbocycles. The Labute approximate surface area is 172 Å². The topological polar surface area (TPSA) is 85.6 Å². The maximum Gasteiger partial charge on any atom is 0.236 e. The molecule has 2 aromatic heterocycles. The highest BCUT2D eigenvalue weighted by Crippen LogP contribution is 2.35. The summed E-state index contributed by atoms with van der Waals surface area (Å²) in [6.45, 7) is 0. The highest BCUT2D eigenvalue weighted by molar-refractivity contribution is 7.99. The van der Waals surface area contributed by atoms with Gasteiger partial charge in [-0.3, -0.25) is 10.1 Å². The van der Waals surface area contributed by atoms with E-state index >= 15 is 0 Å². The van der Waals surface area contributed by atoms with Gasteiger partial charge in [0, 0.05) is 18.5 Å². The average Bonchev–Trinajstić information content (AvgIpc) is 3.34. The van der Waals surface area contributed by atoms with Crippen molar-refractivity contribution in [2.75, 3.05) is 11.1 Å². The van der Waals surface area contributed by atoms with Crippen LogP contribution in [0.5, 0.6) is 0 Å². The number of hydrogen-bond donors (Lipinski definition) is 1. The zero-order valence-corrected chi connectivity index (χ0v) is 17.3. The van der Waals surface area contributed by atoms with Gasteiger partial charge >= 0.3 is 0 Å². The van der Waals surface area contributed by atoms with Crippen molar-refractivity contribution in [2.45, 2.75) is 43.2 Å². The second-order valence-electron chi connectivity index (χ2n) is 6.85. The first-order valence-electron chi connectivity index (χ1n) is 9.41. The first-order chi connectivity index (χ1) is 13.7. The number of aromatic nitrogens is 5. The van der Waals surface area contributed by atoms with Crippen molar-refractivity contribution < 1.29 is 4.79 Å². The maximum absolute atomic E-state index is 12.3. The van der Waals surface area contributed by atoms with E-state index in [1.165, 1.54) is 55.2 Å². The fraction of sp³-hybridized carbons (Fsp3) is 0.421. The molecule has 7 nitrogen and oxygen atoms in total. The predicted octanol–water partition coefficient (Wildman–Crippen LogP) is 4.11. The molecule has 1 amide bonds. The van der Waals surface area contributed by atoms with Crippen LogP contribution in [0.4, 0.5) is 5.13 Å². The van der Waals surface area contributed by atoms with Gasteiger partial charge in [0.1, 0.15) is 5.01 Å². The van der Waals surface area contributed by atoms with Crippen LogP contribution < -0.4 is 5.32 Å². The summed E-state index contributed by atoms with van der Waals surface area (Å²) in [6.07, 6.45) is 6.17. The van der Waals surface area contributed by atoms with Crippen molar-refractivity contribution in [3.05, 3.63) is 35.3 Å². The van der Waals surface area contributed by atoms with Gasteiger partial charge in [0.15, 0.2) is 11.0 Å². The second-order valence-corrected chi connectivity index (χ2v) is 8.80. The molecular formula is C19H22N6OS2. The van der Waals surface area contributed by atoms with Crippen LogP contribution in [0.15, 0.2) is 35.5 Å². The fourth-order valence-corrected chi connectivity index (χ4v) is 5.00. The molecule has 1 fully saturated rings. The molecule has 4 rings (SSSR count). The highest BCUT2D eigenvalue weighted by atomic mass is 32.2. The molecule has 0 unspecified atom stereocenters. The molecule has 0 spiro atoms. The third-order valence-corrected chi connectivity index (χ3v) is 6.86. The number of carbonyl (C=O) groups excluding carboxylic acids is 1. The molecule has 1 aromatic carbocycles. The lowest BCUT2D eigenvalue weighted by Gasteiger charge is -2.18. The number of amides is 1. The van der Waals surface area contributed by atoms with Gasteiger partial charge in [-0.15, -0.1) is 20.4 Å². The second kappa shape index (κ2) is 8.83. The van der Waals surface area contributed by atoms with E-state index in [0.717, 1.165) is 16.4 Å². The Bertz CT molecular complexity index is 933. The Morgan fingerprint density at radius 1 is 1.14 bits per heavy atom. The zero-order chi connectivity index (χ0) is 19.3. The largest absolute Gasteiger partial charge is 0.305 e. The van der Waals surface area contributed by atoms with Crippen molar-refractivity contribution in [3.63, 3.8) is 0 Å². The van der Waals surface area contributed by atoms with Gasteiger partial charge in [0.05, 0.1) is 5.75 Å². The fourth-order valence-electron chi connectivity index (χ4n) is 3.36. The lowest BCUT2D eigenvalue weighted by atomic mass is 9.90. The quantitative estimate of drug-likeness (QED) is 0.611. The number of nitrogens with one attached hydrogen (secondary N) is 1. The molecule has 2 heterocycles. The Morgan fingerprint density at radius 3 is 2.71 bits per heavy atom. The zero-order valence-electron chi connectivity index (χ0n) is 15.7. The third-order valence-electron chi connectivity index (χ3n) is 4.84. The number of carbonyl (C=O) groups is 1. The third kappa shape index (κ3) is 4.41. The molecule has 0 atom stereocenters. The van der Waals surface area contributed by atoms with Crippen LogP contribution in [-0.2, 0) is 11.8 Å². The summed E-state index contributed by atoms with van der Waals surface area (Å²) in [4.78, 5) is 12.3. The van der Waals surface area contributed by atoms with E-state index in [4.69, 9.17) is 0 Å². The summed E-state index contributed by atoms with van der Waals surface area (Å²) in [5, 5.41) is 22.1. The highest BCUT2D eigenvalue weighted by Gasteiger charge is 2.20. The normalized spacial score (nSPS) is 14.9.